The van der Waals surface area contributed by atoms with E-state index in [-0.39, 0.29) is 29.9 Å². The number of ether oxygens (including phenoxy) is 2. The van der Waals surface area contributed by atoms with Gasteiger partial charge < -0.3 is 19.7 Å². The summed E-state index contributed by atoms with van der Waals surface area (Å²) in [7, 11) is 0. The largest absolute Gasteiger partial charge is 0.512 e. The summed E-state index contributed by atoms with van der Waals surface area (Å²) < 4.78 is 64.4. The predicted octanol–water partition coefficient (Wildman–Crippen LogP) is 9.52. The summed E-state index contributed by atoms with van der Waals surface area (Å²) in [6.45, 7) is 1.40. The molecule has 1 heterocycles. The lowest BCUT2D eigenvalue weighted by atomic mass is 9.89. The Balaban J connectivity index is 1.13. The molecule has 0 aliphatic heterocycles. The summed E-state index contributed by atoms with van der Waals surface area (Å²) in [5.74, 6) is -0.807. The third-order valence-electron chi connectivity index (χ3n) is 9.85. The van der Waals surface area contributed by atoms with Gasteiger partial charge in [0.05, 0.1) is 11.1 Å². The van der Waals surface area contributed by atoms with E-state index in [1.807, 2.05) is 30.3 Å². The molecule has 1 aliphatic rings. The van der Waals surface area contributed by atoms with E-state index >= 15 is 0 Å². The van der Waals surface area contributed by atoms with Gasteiger partial charge in [0, 0.05) is 30.9 Å². The number of halogens is 4. The van der Waals surface area contributed by atoms with Crippen LogP contribution in [0.1, 0.15) is 73.9 Å². The van der Waals surface area contributed by atoms with Crippen LogP contribution in [0.25, 0.3) is 0 Å². The van der Waals surface area contributed by atoms with Crippen molar-refractivity contribution in [3.8, 4) is 11.6 Å². The molecule has 0 radical (unpaired) electrons. The van der Waals surface area contributed by atoms with Gasteiger partial charge in [-0.1, -0.05) is 54.6 Å². The summed E-state index contributed by atoms with van der Waals surface area (Å²) in [5.41, 5.74) is 5.71. The maximum atomic E-state index is 14.7. The van der Waals surface area contributed by atoms with E-state index in [9.17, 15) is 32.3 Å². The molecular weight excluding hydrogens is 716 g/mol. The highest BCUT2D eigenvalue weighted by Crippen LogP contribution is 2.36. The molecule has 0 amide bonds. The number of carboxylic acids is 1. The van der Waals surface area contributed by atoms with E-state index in [1.54, 1.807) is 36.4 Å². The second kappa shape index (κ2) is 17.6. The lowest BCUT2D eigenvalue weighted by Crippen LogP contribution is -2.35. The number of hydrogen-bond donors (Lipinski definition) is 2. The van der Waals surface area contributed by atoms with Crippen LogP contribution in [0.4, 0.5) is 22.4 Å². The number of aromatic nitrogens is 1. The maximum absolute atomic E-state index is 14.7. The highest BCUT2D eigenvalue weighted by atomic mass is 19.4. The molecule has 0 saturated carbocycles. The molecule has 0 fully saturated rings. The van der Waals surface area contributed by atoms with Gasteiger partial charge >= 0.3 is 18.3 Å². The van der Waals surface area contributed by atoms with E-state index in [0.29, 0.717) is 56.5 Å². The standard InChI is InChI=1S/C43H40F4N2O6/c44-35-18-20-39(54-27-31-8-6-28(7-9-31)4-5-29-12-16-34(17-13-29)43(45,46)47)33(26-35)23-25-49(24-22-30-10-14-32(15-11-30)41(50)51)38-3-1-2-37-36(38)19-21-40(48-37)55-42(52)53/h6-21,26,38H,1-5,22-25,27H2,(H,50,51)(H,52,53). The van der Waals surface area contributed by atoms with Crippen molar-refractivity contribution in [3.63, 3.8) is 0 Å². The number of carboxylic acid groups (broad SMARTS) is 2. The Morgan fingerprint density at radius 2 is 1.38 bits per heavy atom. The van der Waals surface area contributed by atoms with E-state index < -0.39 is 23.9 Å². The number of fused-ring (bicyclic) bond motifs is 1. The van der Waals surface area contributed by atoms with Crippen molar-refractivity contribution in [1.82, 2.24) is 9.88 Å². The minimum Gasteiger partial charge on any atom is -0.489 e. The first kappa shape index (κ1) is 39.0. The fourth-order valence-corrected chi connectivity index (χ4v) is 6.91. The molecule has 4 aromatic carbocycles. The van der Waals surface area contributed by atoms with Crippen LogP contribution in [0.5, 0.6) is 11.6 Å². The van der Waals surface area contributed by atoms with Crippen LogP contribution >= 0.6 is 0 Å². The van der Waals surface area contributed by atoms with Crippen molar-refractivity contribution in [2.75, 3.05) is 13.1 Å². The van der Waals surface area contributed by atoms with Crippen LogP contribution in [-0.2, 0) is 44.9 Å². The number of benzene rings is 4. The minimum absolute atomic E-state index is 0.0197. The maximum Gasteiger partial charge on any atom is 0.512 e. The molecule has 0 bridgehead atoms. The molecule has 12 heteroatoms. The lowest BCUT2D eigenvalue weighted by Gasteiger charge is -2.36. The van der Waals surface area contributed by atoms with Crippen LogP contribution in [0.2, 0.25) is 0 Å². The van der Waals surface area contributed by atoms with Gasteiger partial charge in [-0.05, 0) is 121 Å². The number of aromatic carboxylic acids is 1. The Labute approximate surface area is 316 Å². The van der Waals surface area contributed by atoms with Gasteiger partial charge in [0.2, 0.25) is 5.88 Å². The number of rotatable bonds is 15. The van der Waals surface area contributed by atoms with Crippen molar-refractivity contribution in [2.45, 2.75) is 63.8 Å². The fourth-order valence-electron chi connectivity index (χ4n) is 6.91. The average molecular weight is 757 g/mol. The predicted molar refractivity (Wildman–Crippen MR) is 197 cm³/mol. The number of hydrogen-bond acceptors (Lipinski definition) is 6. The highest BCUT2D eigenvalue weighted by molar-refractivity contribution is 5.87. The molecule has 1 aliphatic carbocycles. The summed E-state index contributed by atoms with van der Waals surface area (Å²) in [5, 5.41) is 18.4. The zero-order chi connectivity index (χ0) is 39.0. The molecular formula is C43H40F4N2O6. The quantitative estimate of drug-likeness (QED) is 0.0804. The monoisotopic (exact) mass is 756 g/mol. The van der Waals surface area contributed by atoms with E-state index in [2.05, 4.69) is 9.88 Å². The van der Waals surface area contributed by atoms with Crippen LogP contribution in [-0.4, -0.2) is 45.3 Å². The fraction of sp³-hybridized carbons (Fsp3) is 0.279. The zero-order valence-corrected chi connectivity index (χ0v) is 29.9. The molecule has 1 atom stereocenters. The van der Waals surface area contributed by atoms with Crippen LogP contribution in [0.3, 0.4) is 0 Å². The van der Waals surface area contributed by atoms with Crippen LogP contribution in [0, 0.1) is 5.82 Å². The SMILES string of the molecule is O=C(O)Oc1ccc2c(n1)CCCC2N(CCc1ccc(C(=O)O)cc1)CCc1cc(F)ccc1OCc1ccc(CCc2ccc(C(F)(F)F)cc2)cc1. The first-order chi connectivity index (χ1) is 26.4. The Kier molecular flexibility index (Phi) is 12.5. The number of aryl methyl sites for hydroxylation is 3. The molecule has 286 valence electrons. The number of carbonyl (C=O) groups is 2. The zero-order valence-electron chi connectivity index (χ0n) is 29.9. The Hall–Kier alpha value is -5.75. The Bertz CT molecular complexity index is 2090. The van der Waals surface area contributed by atoms with Crippen LogP contribution < -0.4 is 9.47 Å². The minimum atomic E-state index is -4.36. The topological polar surface area (TPSA) is 109 Å². The number of alkyl halides is 3. The lowest BCUT2D eigenvalue weighted by molar-refractivity contribution is -0.137. The van der Waals surface area contributed by atoms with Crippen molar-refractivity contribution < 1.29 is 46.8 Å². The van der Waals surface area contributed by atoms with Gasteiger partial charge in [-0.15, -0.1) is 0 Å². The van der Waals surface area contributed by atoms with Crippen molar-refractivity contribution in [3.05, 3.63) is 159 Å². The summed E-state index contributed by atoms with van der Waals surface area (Å²) in [6.07, 6.45) is -1.10. The molecule has 8 nitrogen and oxygen atoms in total. The smallest absolute Gasteiger partial charge is 0.489 e. The van der Waals surface area contributed by atoms with Gasteiger partial charge in [-0.25, -0.2) is 19.0 Å². The van der Waals surface area contributed by atoms with E-state index in [0.717, 1.165) is 58.5 Å². The first-order valence-corrected chi connectivity index (χ1v) is 18.0. The molecule has 5 aromatic rings. The van der Waals surface area contributed by atoms with Crippen molar-refractivity contribution in [2.24, 2.45) is 0 Å². The molecule has 0 saturated heterocycles. The number of pyridine rings is 1. The number of nitrogens with zero attached hydrogens (tertiary/aromatic N) is 2. The second-order valence-corrected chi connectivity index (χ2v) is 13.6. The van der Waals surface area contributed by atoms with Gasteiger partial charge in [0.15, 0.2) is 0 Å². The van der Waals surface area contributed by atoms with Gasteiger partial charge in [-0.3, -0.25) is 4.90 Å². The molecule has 55 heavy (non-hydrogen) atoms. The molecule has 1 unspecified atom stereocenters. The third-order valence-corrected chi connectivity index (χ3v) is 9.85. The summed E-state index contributed by atoms with van der Waals surface area (Å²) in [4.78, 5) is 29.3. The summed E-state index contributed by atoms with van der Waals surface area (Å²) >= 11 is 0. The van der Waals surface area contributed by atoms with Gasteiger partial charge in [-0.2, -0.15) is 13.2 Å². The normalized spacial score (nSPS) is 14.0. The van der Waals surface area contributed by atoms with E-state index in [4.69, 9.17) is 14.6 Å². The second-order valence-electron chi connectivity index (χ2n) is 13.6. The van der Waals surface area contributed by atoms with Gasteiger partial charge in [0.1, 0.15) is 18.2 Å². The Morgan fingerprint density at radius 1 is 0.764 bits per heavy atom. The highest BCUT2D eigenvalue weighted by Gasteiger charge is 2.30. The van der Waals surface area contributed by atoms with Gasteiger partial charge in [0.25, 0.3) is 0 Å². The molecule has 6 rings (SSSR count). The molecule has 1 aromatic heterocycles. The van der Waals surface area contributed by atoms with Crippen molar-refractivity contribution in [1.29, 1.82) is 0 Å². The van der Waals surface area contributed by atoms with Crippen molar-refractivity contribution >= 4 is 12.1 Å². The first-order valence-electron chi connectivity index (χ1n) is 18.0. The third kappa shape index (κ3) is 10.7. The Morgan fingerprint density at radius 3 is 2.04 bits per heavy atom. The average Bonchev–Trinajstić information content (AvgIpc) is 3.16. The van der Waals surface area contributed by atoms with Crippen LogP contribution in [0.15, 0.2) is 103 Å². The molecule has 2 N–H and O–H groups in total. The summed E-state index contributed by atoms with van der Waals surface area (Å²) in [6, 6.07) is 27.6. The van der Waals surface area contributed by atoms with E-state index in [1.165, 1.54) is 24.3 Å². The molecule has 0 spiro atoms.